The van der Waals surface area contributed by atoms with Crippen LogP contribution in [0.1, 0.15) is 26.3 Å². The van der Waals surface area contributed by atoms with Gasteiger partial charge < -0.3 is 14.9 Å². The van der Waals surface area contributed by atoms with Crippen LogP contribution in [0.2, 0.25) is 0 Å². The van der Waals surface area contributed by atoms with Crippen molar-refractivity contribution in [3.05, 3.63) is 68.9 Å². The van der Waals surface area contributed by atoms with Gasteiger partial charge in [-0.05, 0) is 10.8 Å². The van der Waals surface area contributed by atoms with Gasteiger partial charge in [-0.3, -0.25) is 0 Å². The summed E-state index contributed by atoms with van der Waals surface area (Å²) >= 11 is 0. The van der Waals surface area contributed by atoms with Crippen LogP contribution >= 0.6 is 0 Å². The smallest absolute Gasteiger partial charge is 0 e. The second kappa shape index (κ2) is 7.45. The van der Waals surface area contributed by atoms with E-state index < -0.39 is 0 Å². The molecule has 3 aromatic rings. The summed E-state index contributed by atoms with van der Waals surface area (Å²) in [5.74, 6) is 0. The quantitative estimate of drug-likeness (QED) is 0.310. The number of hydrogen-bond donors (Lipinski definition) is 0. The van der Waals surface area contributed by atoms with Gasteiger partial charge in [-0.1, -0.05) is 62.9 Å². The van der Waals surface area contributed by atoms with Gasteiger partial charge in [-0.25, -0.2) is 0 Å². The van der Waals surface area contributed by atoms with Crippen LogP contribution in [0.3, 0.4) is 0 Å². The zero-order valence-corrected chi connectivity index (χ0v) is 17.4. The summed E-state index contributed by atoms with van der Waals surface area (Å²) in [7, 11) is 0. The van der Waals surface area contributed by atoms with E-state index in [-0.39, 0.29) is 40.7 Å². The molecule has 0 heterocycles. The Morgan fingerprint density at radius 1 is 0.857 bits per heavy atom. The second-order valence-electron chi connectivity index (χ2n) is 6.38. The Hall–Kier alpha value is -0.820. The van der Waals surface area contributed by atoms with Crippen LogP contribution < -0.4 is 0 Å². The van der Waals surface area contributed by atoms with Crippen molar-refractivity contribution in [3.63, 3.8) is 0 Å². The molecular formula is C20H25Hf-3. The van der Waals surface area contributed by atoms with Gasteiger partial charge in [-0.15, -0.1) is 28.5 Å². The zero-order chi connectivity index (χ0) is 12.8. The summed E-state index contributed by atoms with van der Waals surface area (Å²) in [6, 6.07) is 17.8. The van der Waals surface area contributed by atoms with E-state index in [2.05, 4.69) is 69.3 Å². The van der Waals surface area contributed by atoms with Crippen molar-refractivity contribution in [1.29, 1.82) is 0 Å². The molecule has 0 saturated heterocycles. The largest absolute Gasteiger partial charge is 0.358 e. The van der Waals surface area contributed by atoms with Gasteiger partial charge >= 0.3 is 0 Å². The first kappa shape index (κ1) is 20.2. The van der Waals surface area contributed by atoms with Crippen LogP contribution in [-0.4, -0.2) is 0 Å². The first-order valence-corrected chi connectivity index (χ1v) is 6.60. The van der Waals surface area contributed by atoms with Gasteiger partial charge in [0.15, 0.2) is 0 Å². The van der Waals surface area contributed by atoms with E-state index in [1.54, 1.807) is 0 Å². The Balaban J connectivity index is 0.00000133. The third kappa shape index (κ3) is 4.32. The molecule has 0 bridgehead atoms. The summed E-state index contributed by atoms with van der Waals surface area (Å²) in [6.07, 6.45) is 1.13. The average Bonchev–Trinajstić information content (AvgIpc) is 2.67. The molecule has 1 heteroatoms. The molecule has 0 aliphatic heterocycles. The number of fused-ring (bicyclic) bond motifs is 2. The molecule has 0 unspecified atom stereocenters. The van der Waals surface area contributed by atoms with E-state index in [0.717, 1.165) is 6.42 Å². The molecule has 3 aromatic carbocycles. The molecule has 0 saturated carbocycles. The summed E-state index contributed by atoms with van der Waals surface area (Å²) in [5, 5.41) is 5.46. The normalized spacial score (nSPS) is 10.6. The van der Waals surface area contributed by atoms with Crippen molar-refractivity contribution in [2.24, 2.45) is 5.41 Å². The molecular weight excluding hydrogens is 419 g/mol. The first-order valence-electron chi connectivity index (χ1n) is 6.60. The molecule has 0 nitrogen and oxygen atoms in total. The van der Waals surface area contributed by atoms with Crippen LogP contribution in [0.5, 0.6) is 0 Å². The minimum atomic E-state index is 0. The Kier molecular flexibility index (Phi) is 7.15. The van der Waals surface area contributed by atoms with Crippen molar-refractivity contribution in [1.82, 2.24) is 0 Å². The summed E-state index contributed by atoms with van der Waals surface area (Å²) in [4.78, 5) is 0. The molecule has 0 aliphatic carbocycles. The fraction of sp³-hybridized carbons (Fsp3) is 0.250. The Bertz CT molecular complexity index is 698. The van der Waals surface area contributed by atoms with Crippen LogP contribution in [0.15, 0.2) is 48.5 Å². The van der Waals surface area contributed by atoms with E-state index in [4.69, 9.17) is 0 Å². The maximum Gasteiger partial charge on any atom is 0 e. The van der Waals surface area contributed by atoms with Gasteiger partial charge in [-0.2, -0.15) is 6.07 Å². The van der Waals surface area contributed by atoms with E-state index in [1.807, 2.05) is 0 Å². The van der Waals surface area contributed by atoms with Crippen molar-refractivity contribution < 1.29 is 25.8 Å². The second-order valence-corrected chi connectivity index (χ2v) is 6.38. The first-order chi connectivity index (χ1) is 8.53. The van der Waals surface area contributed by atoms with E-state index in [1.165, 1.54) is 27.1 Å². The number of rotatable bonds is 1. The van der Waals surface area contributed by atoms with E-state index >= 15 is 0 Å². The third-order valence-corrected chi connectivity index (χ3v) is 3.45. The molecule has 0 aromatic heterocycles. The zero-order valence-electron chi connectivity index (χ0n) is 13.8. The molecule has 0 aliphatic rings. The summed E-state index contributed by atoms with van der Waals surface area (Å²) < 4.78 is 0. The van der Waals surface area contributed by atoms with Gasteiger partial charge in [0.25, 0.3) is 0 Å². The number of benzene rings is 2. The molecule has 0 N–H and O–H groups in total. The maximum atomic E-state index is 2.34. The molecule has 0 amide bonds. The van der Waals surface area contributed by atoms with Gasteiger partial charge in [0, 0.05) is 25.8 Å². The van der Waals surface area contributed by atoms with Crippen LogP contribution in [0, 0.1) is 20.3 Å². The SMILES string of the molecule is CC(C)(C)C[c-]1ccc2cc3ccccc3cc21.[CH3-].[CH3-].[Hf]. The fourth-order valence-corrected chi connectivity index (χ4v) is 2.68. The molecule has 21 heavy (non-hydrogen) atoms. The Morgan fingerprint density at radius 2 is 1.43 bits per heavy atom. The van der Waals surface area contributed by atoms with Crippen LogP contribution in [-0.2, 0) is 32.3 Å². The van der Waals surface area contributed by atoms with Gasteiger partial charge in [0.05, 0.1) is 0 Å². The number of hydrogen-bond acceptors (Lipinski definition) is 0. The minimum absolute atomic E-state index is 0. The van der Waals surface area contributed by atoms with E-state index in [0.29, 0.717) is 5.41 Å². The fourth-order valence-electron chi connectivity index (χ4n) is 2.68. The minimum Gasteiger partial charge on any atom is -0.358 e. The predicted octanol–water partition coefficient (Wildman–Crippen LogP) is 6.20. The Labute approximate surface area is 148 Å². The van der Waals surface area contributed by atoms with Crippen molar-refractivity contribution >= 4 is 21.5 Å². The molecule has 0 radical (unpaired) electrons. The third-order valence-electron chi connectivity index (χ3n) is 3.45. The van der Waals surface area contributed by atoms with Gasteiger partial charge in [0.1, 0.15) is 0 Å². The van der Waals surface area contributed by atoms with Crippen molar-refractivity contribution in [3.8, 4) is 0 Å². The molecule has 0 atom stereocenters. The molecule has 112 valence electrons. The molecule has 3 rings (SSSR count). The monoisotopic (exact) mass is 445 g/mol. The standard InChI is InChI=1S/C18H19.2CH3.Hf/c1-18(2,3)12-16-9-8-15-10-13-6-4-5-7-14(13)11-17(15)16;;;/h4-11H,12H2,1-3H3;2*1H3;/q3*-1;. The topological polar surface area (TPSA) is 0 Å². The maximum absolute atomic E-state index is 2.34. The summed E-state index contributed by atoms with van der Waals surface area (Å²) in [6.45, 7) is 6.90. The van der Waals surface area contributed by atoms with Crippen LogP contribution in [0.25, 0.3) is 21.5 Å². The van der Waals surface area contributed by atoms with Crippen LogP contribution in [0.4, 0.5) is 0 Å². The van der Waals surface area contributed by atoms with Crippen molar-refractivity contribution in [2.75, 3.05) is 0 Å². The van der Waals surface area contributed by atoms with Gasteiger partial charge in [0.2, 0.25) is 0 Å². The summed E-state index contributed by atoms with van der Waals surface area (Å²) in [5.41, 5.74) is 1.82. The Morgan fingerprint density at radius 3 is 2.00 bits per heavy atom. The molecule has 0 spiro atoms. The average molecular weight is 444 g/mol. The van der Waals surface area contributed by atoms with Crippen molar-refractivity contribution in [2.45, 2.75) is 27.2 Å². The van der Waals surface area contributed by atoms with E-state index in [9.17, 15) is 0 Å². The molecule has 0 fully saturated rings. The predicted molar refractivity (Wildman–Crippen MR) is 93.0 cm³/mol.